The van der Waals surface area contributed by atoms with Gasteiger partial charge in [0.2, 0.25) is 5.88 Å². The summed E-state index contributed by atoms with van der Waals surface area (Å²) in [6, 6.07) is 18.3. The van der Waals surface area contributed by atoms with E-state index in [1.54, 1.807) is 73.7 Å². The highest BCUT2D eigenvalue weighted by Crippen LogP contribution is 2.30. The molecule has 0 bridgehead atoms. The Hall–Kier alpha value is -4.10. The third kappa shape index (κ3) is 4.38. The zero-order valence-corrected chi connectivity index (χ0v) is 19.2. The van der Waals surface area contributed by atoms with Crippen LogP contribution in [0.3, 0.4) is 0 Å². The zero-order chi connectivity index (χ0) is 24.2. The number of nitrogens with zero attached hydrogens (tertiary/aromatic N) is 2. The maximum absolute atomic E-state index is 13.2. The van der Waals surface area contributed by atoms with Gasteiger partial charge in [-0.15, -0.1) is 0 Å². The molecule has 0 aliphatic carbocycles. The lowest BCUT2D eigenvalue weighted by molar-refractivity contribution is 0.0526. The molecule has 4 aromatic rings. The van der Waals surface area contributed by atoms with Crippen LogP contribution >= 0.6 is 11.6 Å². The topological polar surface area (TPSA) is 90.1 Å². The van der Waals surface area contributed by atoms with Gasteiger partial charge in [0.1, 0.15) is 5.75 Å². The fourth-order valence-electron chi connectivity index (χ4n) is 3.56. The maximum atomic E-state index is 13.2. The van der Waals surface area contributed by atoms with Crippen LogP contribution in [0, 0.1) is 0 Å². The van der Waals surface area contributed by atoms with Crippen LogP contribution in [0.2, 0.25) is 5.02 Å². The van der Waals surface area contributed by atoms with Crippen molar-refractivity contribution in [3.63, 3.8) is 0 Å². The van der Waals surface area contributed by atoms with Crippen molar-refractivity contribution in [2.75, 3.05) is 13.7 Å². The monoisotopic (exact) mass is 476 g/mol. The van der Waals surface area contributed by atoms with Crippen molar-refractivity contribution in [2.24, 2.45) is 4.99 Å². The minimum atomic E-state index is -0.463. The summed E-state index contributed by atoms with van der Waals surface area (Å²) in [6.45, 7) is 1.98. The largest absolute Gasteiger partial charge is 0.495 e. The normalized spacial score (nSPS) is 11.1. The van der Waals surface area contributed by atoms with Gasteiger partial charge in [0.25, 0.3) is 5.56 Å². The number of ether oxygens (including phenoxy) is 2. The molecule has 1 heterocycles. The lowest BCUT2D eigenvalue weighted by atomic mass is 10.1. The molecule has 8 heteroatoms. The molecule has 1 N–H and O–H groups in total. The molecule has 0 saturated carbocycles. The molecular formula is C26H21ClN2O5. The number of esters is 1. The minimum Gasteiger partial charge on any atom is -0.495 e. The predicted octanol–water partition coefficient (Wildman–Crippen LogP) is 5.29. The number of fused-ring (bicyclic) bond motifs is 1. The van der Waals surface area contributed by atoms with Crippen LogP contribution in [-0.4, -0.2) is 35.6 Å². The molecule has 4 rings (SSSR count). The molecule has 172 valence electrons. The van der Waals surface area contributed by atoms with Gasteiger partial charge < -0.3 is 14.6 Å². The van der Waals surface area contributed by atoms with Crippen LogP contribution in [0.25, 0.3) is 16.5 Å². The number of aliphatic imine (C=N–C) groups is 1. The van der Waals surface area contributed by atoms with Crippen molar-refractivity contribution in [1.29, 1.82) is 0 Å². The van der Waals surface area contributed by atoms with Gasteiger partial charge in [-0.25, -0.2) is 9.36 Å². The molecule has 1 aromatic heterocycles. The number of aromatic nitrogens is 1. The summed E-state index contributed by atoms with van der Waals surface area (Å²) in [5, 5.41) is 12.5. The Morgan fingerprint density at radius 1 is 1.09 bits per heavy atom. The number of hydrogen-bond donors (Lipinski definition) is 1. The number of carbonyl (C=O) groups is 1. The van der Waals surface area contributed by atoms with E-state index in [0.717, 1.165) is 0 Å². The summed E-state index contributed by atoms with van der Waals surface area (Å²) in [5.41, 5.74) is 1.24. The first-order valence-electron chi connectivity index (χ1n) is 10.5. The number of benzene rings is 3. The van der Waals surface area contributed by atoms with E-state index in [9.17, 15) is 14.7 Å². The Labute approximate surface area is 200 Å². The molecule has 7 nitrogen and oxygen atoms in total. The number of hydrogen-bond acceptors (Lipinski definition) is 6. The zero-order valence-electron chi connectivity index (χ0n) is 18.5. The summed E-state index contributed by atoms with van der Waals surface area (Å²) >= 11 is 6.19. The van der Waals surface area contributed by atoms with E-state index in [2.05, 4.69) is 4.99 Å². The number of methoxy groups -OCH3 is 1. The van der Waals surface area contributed by atoms with Crippen molar-refractivity contribution >= 4 is 40.2 Å². The highest BCUT2D eigenvalue weighted by atomic mass is 35.5. The molecule has 0 atom stereocenters. The molecule has 0 aliphatic rings. The van der Waals surface area contributed by atoms with Crippen LogP contribution < -0.4 is 10.3 Å². The van der Waals surface area contributed by atoms with Crippen molar-refractivity contribution in [2.45, 2.75) is 6.92 Å². The summed E-state index contributed by atoms with van der Waals surface area (Å²) in [4.78, 5) is 29.7. The van der Waals surface area contributed by atoms with Gasteiger partial charge in [0.15, 0.2) is 0 Å². The third-order valence-corrected chi connectivity index (χ3v) is 5.51. The van der Waals surface area contributed by atoms with Crippen molar-refractivity contribution < 1.29 is 19.4 Å². The molecule has 0 unspecified atom stereocenters. The Bertz CT molecular complexity index is 1460. The average molecular weight is 477 g/mol. The van der Waals surface area contributed by atoms with E-state index in [0.29, 0.717) is 44.0 Å². The molecule has 0 amide bonds. The van der Waals surface area contributed by atoms with Crippen molar-refractivity contribution in [3.05, 3.63) is 93.2 Å². The summed E-state index contributed by atoms with van der Waals surface area (Å²) in [5.74, 6) is -0.222. The number of rotatable bonds is 6. The summed E-state index contributed by atoms with van der Waals surface area (Å²) in [6.07, 6.45) is 1.48. The Morgan fingerprint density at radius 3 is 2.44 bits per heavy atom. The standard InChI is InChI=1S/C26H21ClN2O5/c1-3-34-26(32)16-8-11-18(12-9-16)29-24(30)20-7-5-4-6-19(20)21(25(29)31)15-28-17-10-13-23(33-2)22(27)14-17/h4-15,31H,3H2,1-2H3. The number of halogens is 1. The second-order valence-electron chi connectivity index (χ2n) is 7.27. The predicted molar refractivity (Wildman–Crippen MR) is 132 cm³/mol. The SMILES string of the molecule is CCOC(=O)c1ccc(-n2c(O)c(C=Nc3ccc(OC)c(Cl)c3)c3ccccc3c2=O)cc1. The van der Waals surface area contributed by atoms with E-state index in [-0.39, 0.29) is 12.5 Å². The lowest BCUT2D eigenvalue weighted by Crippen LogP contribution is -2.20. The lowest BCUT2D eigenvalue weighted by Gasteiger charge is -2.14. The minimum absolute atomic E-state index is 0.258. The van der Waals surface area contributed by atoms with Gasteiger partial charge in [-0.2, -0.15) is 0 Å². The van der Waals surface area contributed by atoms with Crippen LogP contribution in [0.15, 0.2) is 76.5 Å². The van der Waals surface area contributed by atoms with Gasteiger partial charge in [-0.3, -0.25) is 9.79 Å². The summed E-state index contributed by atoms with van der Waals surface area (Å²) < 4.78 is 11.3. The van der Waals surface area contributed by atoms with E-state index in [1.807, 2.05) is 0 Å². The van der Waals surface area contributed by atoms with Gasteiger partial charge in [-0.05, 0) is 55.5 Å². The van der Waals surface area contributed by atoms with Gasteiger partial charge in [-0.1, -0.05) is 29.8 Å². The van der Waals surface area contributed by atoms with Crippen molar-refractivity contribution in [3.8, 4) is 17.3 Å². The second kappa shape index (κ2) is 9.80. The highest BCUT2D eigenvalue weighted by Gasteiger charge is 2.17. The first-order valence-corrected chi connectivity index (χ1v) is 10.8. The quantitative estimate of drug-likeness (QED) is 0.302. The molecule has 3 aromatic carbocycles. The van der Waals surface area contributed by atoms with E-state index < -0.39 is 11.5 Å². The summed E-state index contributed by atoms with van der Waals surface area (Å²) in [7, 11) is 1.52. The average Bonchev–Trinajstić information content (AvgIpc) is 2.85. The maximum Gasteiger partial charge on any atom is 0.338 e. The molecule has 0 radical (unpaired) electrons. The van der Waals surface area contributed by atoms with Crippen molar-refractivity contribution in [1.82, 2.24) is 4.57 Å². The first-order chi connectivity index (χ1) is 16.4. The van der Waals surface area contributed by atoms with E-state index in [1.165, 1.54) is 17.9 Å². The highest BCUT2D eigenvalue weighted by molar-refractivity contribution is 6.32. The number of aromatic hydroxyl groups is 1. The molecule has 0 spiro atoms. The fraction of sp³-hybridized carbons (Fsp3) is 0.115. The van der Waals surface area contributed by atoms with Gasteiger partial charge >= 0.3 is 5.97 Å². The Balaban J connectivity index is 1.84. The number of pyridine rings is 1. The van der Waals surface area contributed by atoms with E-state index >= 15 is 0 Å². The van der Waals surface area contributed by atoms with Crippen LogP contribution in [0.5, 0.6) is 11.6 Å². The third-order valence-electron chi connectivity index (χ3n) is 5.22. The number of carbonyl (C=O) groups excluding carboxylic acids is 1. The smallest absolute Gasteiger partial charge is 0.338 e. The van der Waals surface area contributed by atoms with Crippen LogP contribution in [-0.2, 0) is 4.74 Å². The van der Waals surface area contributed by atoms with Gasteiger partial charge in [0.05, 0.1) is 41.2 Å². The molecule has 0 fully saturated rings. The van der Waals surface area contributed by atoms with Crippen LogP contribution in [0.4, 0.5) is 5.69 Å². The second-order valence-corrected chi connectivity index (χ2v) is 7.68. The Kier molecular flexibility index (Phi) is 6.65. The first kappa shape index (κ1) is 23.1. The Morgan fingerprint density at radius 2 is 1.79 bits per heavy atom. The molecule has 0 saturated heterocycles. The molecular weight excluding hydrogens is 456 g/mol. The molecule has 34 heavy (non-hydrogen) atoms. The molecule has 0 aliphatic heterocycles. The van der Waals surface area contributed by atoms with Crippen LogP contribution in [0.1, 0.15) is 22.8 Å². The fourth-order valence-corrected chi connectivity index (χ4v) is 3.82. The van der Waals surface area contributed by atoms with E-state index in [4.69, 9.17) is 21.1 Å². The van der Waals surface area contributed by atoms with Gasteiger partial charge in [0, 0.05) is 17.0 Å².